The lowest BCUT2D eigenvalue weighted by Crippen LogP contribution is -2.17. The molecule has 0 aliphatic carbocycles. The van der Waals surface area contributed by atoms with Crippen LogP contribution in [0.1, 0.15) is 19.4 Å². The highest BCUT2D eigenvalue weighted by Gasteiger charge is 2.13. The molecule has 0 atom stereocenters. The number of amides is 1. The van der Waals surface area contributed by atoms with Crippen LogP contribution in [0.15, 0.2) is 35.2 Å². The molecule has 0 aromatic heterocycles. The van der Waals surface area contributed by atoms with Gasteiger partial charge in [0.25, 0.3) is 10.1 Å². The molecule has 6 heteroatoms. The minimum Gasteiger partial charge on any atom is -0.326 e. The summed E-state index contributed by atoms with van der Waals surface area (Å²) < 4.78 is 31.6. The number of benzene rings is 2. The van der Waals surface area contributed by atoms with E-state index in [0.29, 0.717) is 16.6 Å². The number of carbonyl (C=O) groups excluding carboxylic acids is 1. The Morgan fingerprint density at radius 1 is 1.19 bits per heavy atom. The number of hydrogen-bond donors (Lipinski definition) is 2. The van der Waals surface area contributed by atoms with Gasteiger partial charge in [0.05, 0.1) is 4.90 Å². The molecule has 0 unspecified atom stereocenters. The molecule has 0 radical (unpaired) electrons. The van der Waals surface area contributed by atoms with Crippen LogP contribution in [0.3, 0.4) is 0 Å². The van der Waals surface area contributed by atoms with Crippen molar-refractivity contribution in [2.24, 2.45) is 5.92 Å². The zero-order chi connectivity index (χ0) is 15.8. The second-order valence-corrected chi connectivity index (χ2v) is 6.72. The van der Waals surface area contributed by atoms with Crippen LogP contribution >= 0.6 is 0 Å². The molecule has 0 fully saturated rings. The van der Waals surface area contributed by atoms with Gasteiger partial charge < -0.3 is 5.32 Å². The minimum absolute atomic E-state index is 0.0819. The number of anilines is 1. The van der Waals surface area contributed by atoms with Gasteiger partial charge in [0.1, 0.15) is 0 Å². The van der Waals surface area contributed by atoms with E-state index in [1.165, 1.54) is 12.1 Å². The summed E-state index contributed by atoms with van der Waals surface area (Å²) >= 11 is 0. The number of hydrogen-bond acceptors (Lipinski definition) is 3. The van der Waals surface area contributed by atoms with Crippen molar-refractivity contribution in [2.75, 3.05) is 5.32 Å². The van der Waals surface area contributed by atoms with Crippen molar-refractivity contribution in [3.8, 4) is 0 Å². The van der Waals surface area contributed by atoms with E-state index in [4.69, 9.17) is 4.55 Å². The van der Waals surface area contributed by atoms with Gasteiger partial charge in [0.15, 0.2) is 0 Å². The van der Waals surface area contributed by atoms with Crippen molar-refractivity contribution < 1.29 is 17.8 Å². The summed E-state index contributed by atoms with van der Waals surface area (Å²) in [7, 11) is -4.23. The molecule has 2 aromatic carbocycles. The van der Waals surface area contributed by atoms with E-state index in [0.717, 1.165) is 5.39 Å². The van der Waals surface area contributed by atoms with Gasteiger partial charge in [0, 0.05) is 11.6 Å². The van der Waals surface area contributed by atoms with E-state index < -0.39 is 10.1 Å². The molecule has 1 amide bonds. The van der Waals surface area contributed by atoms with Crippen LogP contribution in [-0.2, 0) is 14.9 Å². The van der Waals surface area contributed by atoms with Crippen LogP contribution < -0.4 is 5.32 Å². The summed E-state index contributed by atoms with van der Waals surface area (Å²) in [4.78, 5) is 11.6. The van der Waals surface area contributed by atoms with Crippen molar-refractivity contribution >= 4 is 32.5 Å². The molecule has 0 heterocycles. The molecule has 0 bridgehead atoms. The molecule has 0 spiro atoms. The molecular formula is C15H17NO4S. The number of carbonyl (C=O) groups is 1. The van der Waals surface area contributed by atoms with Crippen molar-refractivity contribution in [3.05, 3.63) is 35.9 Å². The first-order chi connectivity index (χ1) is 9.68. The van der Waals surface area contributed by atoms with Gasteiger partial charge in [-0.1, -0.05) is 19.9 Å². The number of nitrogens with one attached hydrogen (secondary N) is 1. The van der Waals surface area contributed by atoms with Crippen molar-refractivity contribution in [3.63, 3.8) is 0 Å². The maximum absolute atomic E-state index is 11.7. The lowest BCUT2D eigenvalue weighted by Gasteiger charge is -2.10. The van der Waals surface area contributed by atoms with Crippen molar-refractivity contribution in [2.45, 2.75) is 25.7 Å². The Labute approximate surface area is 123 Å². The van der Waals surface area contributed by atoms with E-state index in [9.17, 15) is 13.2 Å². The molecule has 0 aliphatic heterocycles. The second kappa shape index (κ2) is 5.46. The number of rotatable bonds is 3. The third-order valence-corrected chi connectivity index (χ3v) is 4.06. The molecule has 21 heavy (non-hydrogen) atoms. The molecule has 0 aliphatic rings. The predicted molar refractivity (Wildman–Crippen MR) is 82.0 cm³/mol. The fourth-order valence-electron chi connectivity index (χ4n) is 2.02. The topological polar surface area (TPSA) is 83.5 Å². The fourth-order valence-corrected chi connectivity index (χ4v) is 2.62. The standard InChI is InChI=1S/C15H17NO4S/c1-9(2)15(17)16-12-5-4-11-7-13(21(18,19)20)6-10(3)14(11)8-12/h4-9H,1-3H3,(H,16,17)(H,18,19,20). The predicted octanol–water partition coefficient (Wildman–Crippen LogP) is 2.99. The van der Waals surface area contributed by atoms with Gasteiger partial charge in [0.2, 0.25) is 5.91 Å². The quantitative estimate of drug-likeness (QED) is 0.854. The van der Waals surface area contributed by atoms with Crippen LogP contribution in [0.5, 0.6) is 0 Å². The monoisotopic (exact) mass is 307 g/mol. The van der Waals surface area contributed by atoms with E-state index in [2.05, 4.69) is 5.32 Å². The first-order valence-electron chi connectivity index (χ1n) is 6.51. The molecule has 0 saturated carbocycles. The summed E-state index contributed by atoms with van der Waals surface area (Å²) in [5.74, 6) is -0.203. The molecular weight excluding hydrogens is 290 g/mol. The SMILES string of the molecule is Cc1cc(S(=O)(=O)O)cc2ccc(NC(=O)C(C)C)cc12. The Bertz CT molecular complexity index is 810. The van der Waals surface area contributed by atoms with Crippen LogP contribution in [0.2, 0.25) is 0 Å². The number of aryl methyl sites for hydroxylation is 1. The van der Waals surface area contributed by atoms with Crippen molar-refractivity contribution in [1.29, 1.82) is 0 Å². The first-order valence-corrected chi connectivity index (χ1v) is 7.95. The molecule has 2 aromatic rings. The van der Waals surface area contributed by atoms with E-state index in [-0.39, 0.29) is 16.7 Å². The Morgan fingerprint density at radius 2 is 1.86 bits per heavy atom. The minimum atomic E-state index is -4.23. The van der Waals surface area contributed by atoms with Gasteiger partial charge in [-0.3, -0.25) is 9.35 Å². The Morgan fingerprint density at radius 3 is 2.43 bits per heavy atom. The highest BCUT2D eigenvalue weighted by Crippen LogP contribution is 2.26. The van der Waals surface area contributed by atoms with Crippen molar-refractivity contribution in [1.82, 2.24) is 0 Å². The molecule has 112 valence electrons. The van der Waals surface area contributed by atoms with Gasteiger partial charge in [-0.05, 0) is 47.5 Å². The van der Waals surface area contributed by atoms with E-state index >= 15 is 0 Å². The molecule has 0 saturated heterocycles. The van der Waals surface area contributed by atoms with Gasteiger partial charge in [-0.2, -0.15) is 8.42 Å². The largest absolute Gasteiger partial charge is 0.326 e. The van der Waals surface area contributed by atoms with Crippen LogP contribution in [0, 0.1) is 12.8 Å². The molecule has 5 nitrogen and oxygen atoms in total. The van der Waals surface area contributed by atoms with Gasteiger partial charge >= 0.3 is 0 Å². The summed E-state index contributed by atoms with van der Waals surface area (Å²) in [6.45, 7) is 5.37. The highest BCUT2D eigenvalue weighted by molar-refractivity contribution is 7.85. The lowest BCUT2D eigenvalue weighted by atomic mass is 10.0. The van der Waals surface area contributed by atoms with Crippen LogP contribution in [0.25, 0.3) is 10.8 Å². The smallest absolute Gasteiger partial charge is 0.294 e. The summed E-state index contributed by atoms with van der Waals surface area (Å²) in [6.07, 6.45) is 0. The molecule has 2 rings (SSSR count). The highest BCUT2D eigenvalue weighted by atomic mass is 32.2. The summed E-state index contributed by atoms with van der Waals surface area (Å²) in [5.41, 5.74) is 1.37. The Balaban J connectivity index is 2.50. The Kier molecular flexibility index (Phi) is 4.02. The van der Waals surface area contributed by atoms with Gasteiger partial charge in [-0.25, -0.2) is 0 Å². The third kappa shape index (κ3) is 3.40. The maximum atomic E-state index is 11.7. The summed E-state index contributed by atoms with van der Waals surface area (Å²) in [5, 5.41) is 4.31. The Hall–Kier alpha value is -1.92. The average molecular weight is 307 g/mol. The first kappa shape index (κ1) is 15.5. The number of fused-ring (bicyclic) bond motifs is 1. The zero-order valence-corrected chi connectivity index (χ0v) is 12.9. The van der Waals surface area contributed by atoms with E-state index in [1.54, 1.807) is 39.0 Å². The zero-order valence-electron chi connectivity index (χ0n) is 12.0. The normalized spacial score (nSPS) is 11.9. The van der Waals surface area contributed by atoms with Crippen LogP contribution in [-0.4, -0.2) is 18.9 Å². The average Bonchev–Trinajstić information content (AvgIpc) is 2.38. The second-order valence-electron chi connectivity index (χ2n) is 5.30. The summed E-state index contributed by atoms with van der Waals surface area (Å²) in [6, 6.07) is 8.03. The maximum Gasteiger partial charge on any atom is 0.294 e. The molecule has 2 N–H and O–H groups in total. The van der Waals surface area contributed by atoms with E-state index in [1.807, 2.05) is 0 Å². The van der Waals surface area contributed by atoms with Crippen LogP contribution in [0.4, 0.5) is 5.69 Å². The fraction of sp³-hybridized carbons (Fsp3) is 0.267. The third-order valence-electron chi connectivity index (χ3n) is 3.22. The van der Waals surface area contributed by atoms with Gasteiger partial charge in [-0.15, -0.1) is 0 Å². The lowest BCUT2D eigenvalue weighted by molar-refractivity contribution is -0.118.